The van der Waals surface area contributed by atoms with Gasteiger partial charge in [0, 0.05) is 32.1 Å². The van der Waals surface area contributed by atoms with E-state index >= 15 is 0 Å². The molecule has 0 aromatic heterocycles. The van der Waals surface area contributed by atoms with E-state index < -0.39 is 0 Å². The van der Waals surface area contributed by atoms with Gasteiger partial charge in [0.2, 0.25) is 5.91 Å². The van der Waals surface area contributed by atoms with Gasteiger partial charge in [-0.1, -0.05) is 45.7 Å². The van der Waals surface area contributed by atoms with Crippen LogP contribution >= 0.6 is 0 Å². The lowest BCUT2D eigenvalue weighted by molar-refractivity contribution is -0.124. The molecule has 1 N–H and O–H groups in total. The van der Waals surface area contributed by atoms with E-state index in [1.54, 1.807) is 11.0 Å². The van der Waals surface area contributed by atoms with Crippen LogP contribution in [0.15, 0.2) is 24.3 Å². The van der Waals surface area contributed by atoms with Crippen LogP contribution in [-0.2, 0) is 4.79 Å². The van der Waals surface area contributed by atoms with Gasteiger partial charge in [0.15, 0.2) is 0 Å². The average molecular weight is 385 g/mol. The quantitative estimate of drug-likeness (QED) is 0.776. The maximum Gasteiger partial charge on any atom is 0.324 e. The van der Waals surface area contributed by atoms with Crippen molar-refractivity contribution in [3.63, 3.8) is 0 Å². The number of nitrogens with one attached hydrogen (secondary N) is 1. The summed E-state index contributed by atoms with van der Waals surface area (Å²) in [4.78, 5) is 28.9. The van der Waals surface area contributed by atoms with Crippen LogP contribution in [0.25, 0.3) is 0 Å². The summed E-state index contributed by atoms with van der Waals surface area (Å²) in [5.74, 6) is 0.303. The van der Waals surface area contributed by atoms with Crippen LogP contribution in [0.1, 0.15) is 52.0 Å². The fraction of sp³-hybridized carbons (Fsp3) is 0.591. The largest absolute Gasteiger partial charge is 0.367 e. The van der Waals surface area contributed by atoms with Crippen LogP contribution in [-0.4, -0.2) is 43.0 Å². The van der Waals surface area contributed by atoms with Crippen LogP contribution in [0, 0.1) is 23.2 Å². The summed E-state index contributed by atoms with van der Waals surface area (Å²) in [6.07, 6.45) is 3.55. The van der Waals surface area contributed by atoms with E-state index in [1.807, 2.05) is 18.2 Å². The second-order valence-corrected chi connectivity index (χ2v) is 7.85. The number of amides is 3. The van der Waals surface area contributed by atoms with Crippen LogP contribution < -0.4 is 10.2 Å². The Bertz CT molecular complexity index is 703. The third-order valence-corrected chi connectivity index (χ3v) is 5.26. The Morgan fingerprint density at radius 2 is 1.79 bits per heavy atom. The zero-order valence-corrected chi connectivity index (χ0v) is 17.3. The molecule has 0 spiro atoms. The maximum absolute atomic E-state index is 12.6. The summed E-state index contributed by atoms with van der Waals surface area (Å²) in [5, 5.41) is 11.9. The lowest BCUT2D eigenvalue weighted by Gasteiger charge is -2.36. The number of urea groups is 1. The Morgan fingerprint density at radius 3 is 2.39 bits per heavy atom. The fourth-order valence-corrected chi connectivity index (χ4v) is 3.57. The van der Waals surface area contributed by atoms with Gasteiger partial charge in [0.05, 0.1) is 11.3 Å². The van der Waals surface area contributed by atoms with Crippen LogP contribution in [0.4, 0.5) is 10.5 Å². The molecule has 6 nitrogen and oxygen atoms in total. The third kappa shape index (κ3) is 5.98. The Labute approximate surface area is 168 Å². The van der Waals surface area contributed by atoms with Crippen LogP contribution in [0.5, 0.6) is 0 Å². The molecule has 1 aromatic rings. The molecular formula is C22H32N4O2. The number of hydrogen-bond acceptors (Lipinski definition) is 4. The van der Waals surface area contributed by atoms with Crippen molar-refractivity contribution in [2.75, 3.05) is 31.1 Å². The molecule has 1 aromatic carbocycles. The number of hydrogen-bond donors (Lipinski definition) is 1. The molecule has 2 rings (SSSR count). The first kappa shape index (κ1) is 21.7. The number of carbonyl (C=O) groups excluding carboxylic acids is 2. The van der Waals surface area contributed by atoms with E-state index in [0.29, 0.717) is 37.7 Å². The molecule has 0 saturated carbocycles. The molecule has 6 heteroatoms. The standard InChI is InChI=1S/C22H32N4O2/c1-4-7-18(11-10-17(2)3)21(27)24-22(28)26-14-12-25(13-15-26)20-9-6-5-8-19(20)16-23/h5-6,8-9,17-18H,4,7,10-15H2,1-3H3,(H,24,27,28)/t18-/m0/s1. The highest BCUT2D eigenvalue weighted by atomic mass is 16.2. The highest BCUT2D eigenvalue weighted by Gasteiger charge is 2.26. The van der Waals surface area contributed by atoms with Crippen molar-refractivity contribution in [1.82, 2.24) is 10.2 Å². The molecular weight excluding hydrogens is 352 g/mol. The topological polar surface area (TPSA) is 76.4 Å². The molecule has 0 unspecified atom stereocenters. The van der Waals surface area contributed by atoms with E-state index in [2.05, 4.69) is 37.1 Å². The molecule has 28 heavy (non-hydrogen) atoms. The van der Waals surface area contributed by atoms with E-state index in [0.717, 1.165) is 31.4 Å². The predicted molar refractivity (Wildman–Crippen MR) is 111 cm³/mol. The zero-order chi connectivity index (χ0) is 20.5. The molecule has 1 saturated heterocycles. The normalized spacial score (nSPS) is 15.2. The van der Waals surface area contributed by atoms with Gasteiger partial charge in [0.1, 0.15) is 6.07 Å². The summed E-state index contributed by atoms with van der Waals surface area (Å²) in [7, 11) is 0. The number of para-hydroxylation sites is 1. The molecule has 1 aliphatic heterocycles. The highest BCUT2D eigenvalue weighted by molar-refractivity contribution is 5.95. The number of benzene rings is 1. The van der Waals surface area contributed by atoms with Gasteiger partial charge in [-0.05, 0) is 30.9 Å². The van der Waals surface area contributed by atoms with Gasteiger partial charge in [-0.3, -0.25) is 10.1 Å². The minimum Gasteiger partial charge on any atom is -0.367 e. The molecule has 0 radical (unpaired) electrons. The Morgan fingerprint density at radius 1 is 1.11 bits per heavy atom. The molecule has 1 atom stereocenters. The van der Waals surface area contributed by atoms with Crippen molar-refractivity contribution >= 4 is 17.6 Å². The average Bonchev–Trinajstić information content (AvgIpc) is 2.70. The second-order valence-electron chi connectivity index (χ2n) is 7.85. The van der Waals surface area contributed by atoms with Crippen LogP contribution in [0.3, 0.4) is 0 Å². The van der Waals surface area contributed by atoms with Gasteiger partial charge < -0.3 is 9.80 Å². The monoisotopic (exact) mass is 384 g/mol. The molecule has 152 valence electrons. The van der Waals surface area contributed by atoms with E-state index in [4.69, 9.17) is 0 Å². The smallest absolute Gasteiger partial charge is 0.324 e. The van der Waals surface area contributed by atoms with Crippen molar-refractivity contribution in [2.45, 2.75) is 46.5 Å². The van der Waals surface area contributed by atoms with Gasteiger partial charge >= 0.3 is 6.03 Å². The summed E-state index contributed by atoms with van der Waals surface area (Å²) < 4.78 is 0. The minimum absolute atomic E-state index is 0.0971. The van der Waals surface area contributed by atoms with E-state index in [-0.39, 0.29) is 17.9 Å². The van der Waals surface area contributed by atoms with Crippen molar-refractivity contribution in [3.05, 3.63) is 29.8 Å². The first-order valence-corrected chi connectivity index (χ1v) is 10.3. The van der Waals surface area contributed by atoms with Gasteiger partial charge in [0.25, 0.3) is 0 Å². The number of anilines is 1. The van der Waals surface area contributed by atoms with Crippen molar-refractivity contribution in [3.8, 4) is 6.07 Å². The Balaban J connectivity index is 1.88. The van der Waals surface area contributed by atoms with Gasteiger partial charge in [-0.2, -0.15) is 5.26 Å². The lowest BCUT2D eigenvalue weighted by Crippen LogP contribution is -2.53. The first-order chi connectivity index (χ1) is 13.5. The molecule has 0 bridgehead atoms. The summed E-state index contributed by atoms with van der Waals surface area (Å²) in [5.41, 5.74) is 1.54. The zero-order valence-electron chi connectivity index (χ0n) is 17.3. The third-order valence-electron chi connectivity index (χ3n) is 5.26. The number of piperazine rings is 1. The Kier molecular flexibility index (Phi) is 8.31. The lowest BCUT2D eigenvalue weighted by atomic mass is 9.93. The SMILES string of the molecule is CCC[C@@H](CCC(C)C)C(=O)NC(=O)N1CCN(c2ccccc2C#N)CC1. The van der Waals surface area contributed by atoms with Gasteiger partial charge in [-0.15, -0.1) is 0 Å². The predicted octanol–water partition coefficient (Wildman–Crippen LogP) is 3.77. The molecule has 1 aliphatic rings. The maximum atomic E-state index is 12.6. The second kappa shape index (κ2) is 10.7. The van der Waals surface area contributed by atoms with Crippen molar-refractivity contribution in [1.29, 1.82) is 5.26 Å². The molecule has 1 heterocycles. The highest BCUT2D eigenvalue weighted by Crippen LogP contribution is 2.21. The molecule has 3 amide bonds. The summed E-state index contributed by atoms with van der Waals surface area (Å²) in [6, 6.07) is 9.42. The molecule has 0 aliphatic carbocycles. The number of nitrogens with zero attached hydrogens (tertiary/aromatic N) is 3. The van der Waals surface area contributed by atoms with E-state index in [9.17, 15) is 14.9 Å². The number of rotatable bonds is 7. The summed E-state index contributed by atoms with van der Waals surface area (Å²) >= 11 is 0. The first-order valence-electron chi connectivity index (χ1n) is 10.3. The van der Waals surface area contributed by atoms with Crippen molar-refractivity contribution in [2.24, 2.45) is 11.8 Å². The fourth-order valence-electron chi connectivity index (χ4n) is 3.57. The Hall–Kier alpha value is -2.55. The van der Waals surface area contributed by atoms with Crippen molar-refractivity contribution < 1.29 is 9.59 Å². The van der Waals surface area contributed by atoms with Gasteiger partial charge in [-0.25, -0.2) is 4.79 Å². The van der Waals surface area contributed by atoms with E-state index in [1.165, 1.54) is 0 Å². The number of nitriles is 1. The minimum atomic E-state index is -0.302. The number of imide groups is 1. The molecule has 1 fully saturated rings. The number of carbonyl (C=O) groups is 2. The summed E-state index contributed by atoms with van der Waals surface area (Å²) in [6.45, 7) is 8.71. The van der Waals surface area contributed by atoms with Crippen LogP contribution in [0.2, 0.25) is 0 Å².